The van der Waals surface area contributed by atoms with Crippen LogP contribution in [-0.4, -0.2) is 46.8 Å². The molecule has 9 heteroatoms. The van der Waals surface area contributed by atoms with Gasteiger partial charge in [0.25, 0.3) is 5.91 Å². The van der Waals surface area contributed by atoms with Crippen molar-refractivity contribution in [1.82, 2.24) is 20.0 Å². The van der Waals surface area contributed by atoms with E-state index >= 15 is 0 Å². The number of piperidine rings is 1. The van der Waals surface area contributed by atoms with E-state index in [1.807, 2.05) is 6.92 Å². The number of halogens is 4. The van der Waals surface area contributed by atoms with Gasteiger partial charge in [-0.1, -0.05) is 17.7 Å². The monoisotopic (exact) mass is 428 g/mol. The van der Waals surface area contributed by atoms with Gasteiger partial charge >= 0.3 is 6.18 Å². The molecule has 1 N–H and O–H groups in total. The van der Waals surface area contributed by atoms with Gasteiger partial charge in [0.05, 0.1) is 17.4 Å². The Balaban J connectivity index is 0.00000240. The lowest BCUT2D eigenvalue weighted by Crippen LogP contribution is -2.44. The van der Waals surface area contributed by atoms with Crippen molar-refractivity contribution in [3.8, 4) is 5.69 Å². The summed E-state index contributed by atoms with van der Waals surface area (Å²) in [4.78, 5) is 14.5. The van der Waals surface area contributed by atoms with E-state index in [2.05, 4.69) is 10.4 Å². The summed E-state index contributed by atoms with van der Waals surface area (Å²) < 4.78 is 42.3. The maximum absolute atomic E-state index is 13.8. The number of likely N-dealkylation sites (tertiary alicyclic amines) is 1. The van der Waals surface area contributed by atoms with Gasteiger partial charge in [0.2, 0.25) is 0 Å². The van der Waals surface area contributed by atoms with Crippen LogP contribution in [0.1, 0.15) is 40.9 Å². The van der Waals surface area contributed by atoms with Gasteiger partial charge < -0.3 is 10.2 Å². The summed E-state index contributed by atoms with van der Waals surface area (Å²) >= 11 is 0. The highest BCUT2D eigenvalue weighted by Crippen LogP contribution is 2.38. The first-order chi connectivity index (χ1) is 13.3. The van der Waals surface area contributed by atoms with Crippen molar-refractivity contribution in [1.29, 1.82) is 0 Å². The molecule has 3 heterocycles. The van der Waals surface area contributed by atoms with Gasteiger partial charge in [-0.15, -0.1) is 12.4 Å². The van der Waals surface area contributed by atoms with E-state index in [9.17, 15) is 18.0 Å². The van der Waals surface area contributed by atoms with Gasteiger partial charge in [-0.2, -0.15) is 18.3 Å². The number of aromatic nitrogens is 2. The smallest absolute Gasteiger partial charge is 0.338 e. The molecule has 2 aliphatic rings. The van der Waals surface area contributed by atoms with Crippen LogP contribution < -0.4 is 5.32 Å². The summed E-state index contributed by atoms with van der Waals surface area (Å²) in [5.41, 5.74) is 0.0178. The summed E-state index contributed by atoms with van der Waals surface area (Å²) in [6.45, 7) is 4.71. The maximum Gasteiger partial charge on any atom is 0.434 e. The fourth-order valence-corrected chi connectivity index (χ4v) is 4.24. The van der Waals surface area contributed by atoms with E-state index in [0.717, 1.165) is 48.8 Å². The third-order valence-electron chi connectivity index (χ3n) is 5.99. The Labute approximate surface area is 173 Å². The van der Waals surface area contributed by atoms with Crippen LogP contribution in [0.5, 0.6) is 0 Å². The van der Waals surface area contributed by atoms with Crippen LogP contribution in [0.15, 0.2) is 30.5 Å². The van der Waals surface area contributed by atoms with Crippen molar-refractivity contribution in [3.05, 3.63) is 47.3 Å². The molecule has 4 rings (SSSR count). The number of hydrogen-bond donors (Lipinski definition) is 1. The lowest BCUT2D eigenvalue weighted by molar-refractivity contribution is -0.143. The van der Waals surface area contributed by atoms with Crippen molar-refractivity contribution in [2.24, 2.45) is 5.41 Å². The van der Waals surface area contributed by atoms with Crippen molar-refractivity contribution < 1.29 is 18.0 Å². The average molecular weight is 429 g/mol. The Kier molecular flexibility index (Phi) is 5.96. The lowest BCUT2D eigenvalue weighted by Gasteiger charge is -2.38. The fourth-order valence-electron chi connectivity index (χ4n) is 4.24. The number of carbonyl (C=O) groups excluding carboxylic acids is 1. The minimum Gasteiger partial charge on any atom is -0.338 e. The van der Waals surface area contributed by atoms with E-state index < -0.39 is 17.8 Å². The molecule has 5 nitrogen and oxygen atoms in total. The molecule has 29 heavy (non-hydrogen) atoms. The Hall–Kier alpha value is -2.06. The van der Waals surface area contributed by atoms with Gasteiger partial charge in [0.1, 0.15) is 0 Å². The molecule has 1 aromatic carbocycles. The third kappa shape index (κ3) is 4.14. The van der Waals surface area contributed by atoms with Crippen molar-refractivity contribution in [3.63, 3.8) is 0 Å². The highest BCUT2D eigenvalue weighted by molar-refractivity contribution is 5.95. The van der Waals surface area contributed by atoms with Gasteiger partial charge in [-0.05, 0) is 50.3 Å². The molecular formula is C20H24ClF3N4O. The second-order valence-electron chi connectivity index (χ2n) is 7.87. The first-order valence-electron chi connectivity index (χ1n) is 9.51. The van der Waals surface area contributed by atoms with Crippen molar-refractivity contribution in [2.75, 3.05) is 26.2 Å². The summed E-state index contributed by atoms with van der Waals surface area (Å²) in [6.07, 6.45) is -0.933. The standard InChI is InChI=1S/C20H23F3N4O.ClH/c1-14-2-4-15(5-3-14)27-17(20(21,22)23)16(12-25-27)18(28)26-10-7-19(8-11-26)6-9-24-13-19;/h2-5,12,24H,6-11,13H2,1H3;1H. The molecule has 158 valence electrons. The third-order valence-corrected chi connectivity index (χ3v) is 5.99. The Bertz CT molecular complexity index is 863. The Morgan fingerprint density at radius 1 is 1.14 bits per heavy atom. The highest BCUT2D eigenvalue weighted by Gasteiger charge is 2.43. The minimum absolute atomic E-state index is 0. The topological polar surface area (TPSA) is 50.2 Å². The molecule has 1 spiro atoms. The summed E-state index contributed by atoms with van der Waals surface area (Å²) in [6, 6.07) is 6.59. The number of nitrogens with one attached hydrogen (secondary N) is 1. The molecule has 0 aliphatic carbocycles. The molecule has 2 aliphatic heterocycles. The highest BCUT2D eigenvalue weighted by atomic mass is 35.5. The van der Waals surface area contributed by atoms with Crippen molar-refractivity contribution >= 4 is 18.3 Å². The first-order valence-corrected chi connectivity index (χ1v) is 9.51. The Morgan fingerprint density at radius 2 is 1.79 bits per heavy atom. The zero-order valence-electron chi connectivity index (χ0n) is 16.1. The Morgan fingerprint density at radius 3 is 2.34 bits per heavy atom. The minimum atomic E-state index is -4.68. The summed E-state index contributed by atoms with van der Waals surface area (Å²) in [7, 11) is 0. The van der Waals surface area contributed by atoms with E-state index in [0.29, 0.717) is 13.1 Å². The van der Waals surface area contributed by atoms with Crippen LogP contribution in [0, 0.1) is 12.3 Å². The molecule has 2 aromatic rings. The fraction of sp³-hybridized carbons (Fsp3) is 0.500. The van der Waals surface area contributed by atoms with Gasteiger partial charge in [0, 0.05) is 19.6 Å². The van der Waals surface area contributed by atoms with E-state index in [4.69, 9.17) is 0 Å². The van der Waals surface area contributed by atoms with E-state index in [-0.39, 0.29) is 29.1 Å². The van der Waals surface area contributed by atoms with Gasteiger partial charge in [-0.25, -0.2) is 4.68 Å². The maximum atomic E-state index is 13.8. The molecular weight excluding hydrogens is 405 g/mol. The number of alkyl halides is 3. The quantitative estimate of drug-likeness (QED) is 0.790. The van der Waals surface area contributed by atoms with Crippen LogP contribution in [0.3, 0.4) is 0 Å². The summed E-state index contributed by atoms with van der Waals surface area (Å²) in [5, 5.41) is 7.26. The zero-order chi connectivity index (χ0) is 19.9. The largest absolute Gasteiger partial charge is 0.434 e. The van der Waals surface area contributed by atoms with Gasteiger partial charge in [-0.3, -0.25) is 4.79 Å². The number of amides is 1. The number of rotatable bonds is 2. The predicted octanol–water partition coefficient (Wildman–Crippen LogP) is 3.84. The average Bonchev–Trinajstić information content (AvgIpc) is 3.30. The molecule has 2 fully saturated rings. The van der Waals surface area contributed by atoms with E-state index in [1.165, 1.54) is 4.90 Å². The van der Waals surface area contributed by atoms with Crippen LogP contribution in [0.2, 0.25) is 0 Å². The number of benzene rings is 1. The van der Waals surface area contributed by atoms with Crippen LogP contribution in [-0.2, 0) is 6.18 Å². The van der Waals surface area contributed by atoms with Crippen LogP contribution >= 0.6 is 12.4 Å². The van der Waals surface area contributed by atoms with Crippen LogP contribution in [0.25, 0.3) is 5.69 Å². The lowest BCUT2D eigenvalue weighted by atomic mass is 9.78. The molecule has 1 amide bonds. The molecule has 0 saturated carbocycles. The number of nitrogens with zero attached hydrogens (tertiary/aromatic N) is 3. The molecule has 2 saturated heterocycles. The second kappa shape index (κ2) is 7.99. The predicted molar refractivity (Wildman–Crippen MR) is 106 cm³/mol. The first kappa shape index (κ1) is 21.6. The van der Waals surface area contributed by atoms with Gasteiger partial charge in [0.15, 0.2) is 5.69 Å². The number of hydrogen-bond acceptors (Lipinski definition) is 3. The van der Waals surface area contributed by atoms with Crippen molar-refractivity contribution in [2.45, 2.75) is 32.4 Å². The molecule has 1 aromatic heterocycles. The molecule has 0 radical (unpaired) electrons. The van der Waals surface area contributed by atoms with E-state index in [1.54, 1.807) is 24.3 Å². The number of aryl methyl sites for hydroxylation is 1. The number of carbonyl (C=O) groups is 1. The normalized spacial score (nSPS) is 18.7. The molecule has 0 unspecified atom stereocenters. The summed E-state index contributed by atoms with van der Waals surface area (Å²) in [5.74, 6) is -0.591. The molecule has 0 bridgehead atoms. The zero-order valence-corrected chi connectivity index (χ0v) is 16.9. The SMILES string of the molecule is Cc1ccc(-n2ncc(C(=O)N3CCC4(CCNC4)CC3)c2C(F)(F)F)cc1.Cl. The van der Waals surface area contributed by atoms with Crippen LogP contribution in [0.4, 0.5) is 13.2 Å². The second-order valence-corrected chi connectivity index (χ2v) is 7.87. The molecule has 0 atom stereocenters.